The van der Waals surface area contributed by atoms with E-state index < -0.39 is 6.04 Å². The van der Waals surface area contributed by atoms with Gasteiger partial charge in [-0.25, -0.2) is 4.98 Å². The van der Waals surface area contributed by atoms with Gasteiger partial charge in [0, 0.05) is 17.8 Å². The zero-order valence-electron chi connectivity index (χ0n) is 10.7. The Morgan fingerprint density at radius 1 is 1.58 bits per heavy atom. The van der Waals surface area contributed by atoms with Gasteiger partial charge in [-0.2, -0.15) is 0 Å². The number of aromatic nitrogens is 1. The predicted molar refractivity (Wildman–Crippen MR) is 72.1 cm³/mol. The summed E-state index contributed by atoms with van der Waals surface area (Å²) in [6.07, 6.45) is 2.23. The number of rotatable bonds is 3. The first kappa shape index (κ1) is 13.8. The van der Waals surface area contributed by atoms with Gasteiger partial charge in [-0.3, -0.25) is 9.59 Å². The molecule has 0 bridgehead atoms. The Bertz CT molecular complexity index is 505. The van der Waals surface area contributed by atoms with Crippen molar-refractivity contribution in [1.29, 1.82) is 0 Å². The zero-order chi connectivity index (χ0) is 13.8. The lowest BCUT2D eigenvalue weighted by atomic mass is 10.1. The second-order valence-corrected chi connectivity index (χ2v) is 4.87. The maximum absolute atomic E-state index is 12.1. The number of amides is 2. The topological polar surface area (TPSA) is 71.1 Å². The van der Waals surface area contributed by atoms with Crippen molar-refractivity contribution < 1.29 is 9.59 Å². The summed E-state index contributed by atoms with van der Waals surface area (Å²) in [5.41, 5.74) is 1.20. The van der Waals surface area contributed by atoms with Crippen LogP contribution in [0.25, 0.3) is 0 Å². The SMILES string of the molecule is CCc1cc(C(=O)NC2CCCNC2=O)cc(Cl)n1. The van der Waals surface area contributed by atoms with Gasteiger partial charge in [0.15, 0.2) is 0 Å². The second-order valence-electron chi connectivity index (χ2n) is 4.48. The van der Waals surface area contributed by atoms with Crippen molar-refractivity contribution in [3.8, 4) is 0 Å². The monoisotopic (exact) mass is 281 g/mol. The molecule has 0 radical (unpaired) electrons. The first-order valence-corrected chi connectivity index (χ1v) is 6.73. The number of halogens is 1. The fraction of sp³-hybridized carbons (Fsp3) is 0.462. The average Bonchev–Trinajstić information content (AvgIpc) is 2.40. The van der Waals surface area contributed by atoms with E-state index in [1.165, 1.54) is 6.07 Å². The quantitative estimate of drug-likeness (QED) is 0.821. The minimum atomic E-state index is -0.460. The molecule has 2 amide bonds. The predicted octanol–water partition coefficient (Wildman–Crippen LogP) is 1.31. The van der Waals surface area contributed by atoms with Gasteiger partial charge in [0.05, 0.1) is 0 Å². The Morgan fingerprint density at radius 2 is 2.37 bits per heavy atom. The molecular formula is C13H16ClN3O2. The number of carbonyl (C=O) groups is 2. The number of nitrogens with one attached hydrogen (secondary N) is 2. The van der Waals surface area contributed by atoms with Gasteiger partial charge < -0.3 is 10.6 Å². The van der Waals surface area contributed by atoms with E-state index in [9.17, 15) is 9.59 Å². The largest absolute Gasteiger partial charge is 0.354 e. The zero-order valence-corrected chi connectivity index (χ0v) is 11.5. The van der Waals surface area contributed by atoms with Crippen LogP contribution in [0, 0.1) is 0 Å². The van der Waals surface area contributed by atoms with Crippen LogP contribution in [-0.4, -0.2) is 29.4 Å². The highest BCUT2D eigenvalue weighted by molar-refractivity contribution is 6.29. The molecule has 1 aliphatic heterocycles. The molecule has 0 saturated carbocycles. The number of piperidine rings is 1. The highest BCUT2D eigenvalue weighted by Gasteiger charge is 2.24. The molecule has 2 N–H and O–H groups in total. The molecule has 2 heterocycles. The number of pyridine rings is 1. The third-order valence-corrected chi connectivity index (χ3v) is 3.26. The molecule has 102 valence electrons. The van der Waals surface area contributed by atoms with Crippen LogP contribution in [-0.2, 0) is 11.2 Å². The molecular weight excluding hydrogens is 266 g/mol. The van der Waals surface area contributed by atoms with Gasteiger partial charge in [-0.05, 0) is 31.4 Å². The highest BCUT2D eigenvalue weighted by atomic mass is 35.5. The molecule has 0 spiro atoms. The van der Waals surface area contributed by atoms with Crippen molar-refractivity contribution >= 4 is 23.4 Å². The van der Waals surface area contributed by atoms with E-state index in [0.717, 1.165) is 12.1 Å². The molecule has 1 atom stereocenters. The van der Waals surface area contributed by atoms with Crippen LogP contribution in [0.2, 0.25) is 5.15 Å². The maximum atomic E-state index is 12.1. The van der Waals surface area contributed by atoms with Gasteiger partial charge in [-0.15, -0.1) is 0 Å². The van der Waals surface area contributed by atoms with Crippen molar-refractivity contribution in [2.75, 3.05) is 6.54 Å². The molecule has 5 nitrogen and oxygen atoms in total. The molecule has 1 saturated heterocycles. The van der Waals surface area contributed by atoms with E-state index >= 15 is 0 Å². The van der Waals surface area contributed by atoms with Crippen LogP contribution in [0.3, 0.4) is 0 Å². The molecule has 0 aromatic carbocycles. The summed E-state index contributed by atoms with van der Waals surface area (Å²) in [7, 11) is 0. The highest BCUT2D eigenvalue weighted by Crippen LogP contribution is 2.12. The minimum Gasteiger partial charge on any atom is -0.354 e. The van der Waals surface area contributed by atoms with E-state index in [1.807, 2.05) is 6.92 Å². The van der Waals surface area contributed by atoms with E-state index in [4.69, 9.17) is 11.6 Å². The first-order chi connectivity index (χ1) is 9.10. The molecule has 1 fully saturated rings. The standard InChI is InChI=1S/C13H16ClN3O2/c1-2-9-6-8(7-11(14)16-9)12(18)17-10-4-3-5-15-13(10)19/h6-7,10H,2-5H2,1H3,(H,15,19)(H,17,18). The van der Waals surface area contributed by atoms with Crippen molar-refractivity contribution in [3.05, 3.63) is 28.5 Å². The second kappa shape index (κ2) is 6.02. The van der Waals surface area contributed by atoms with Gasteiger partial charge in [0.2, 0.25) is 5.91 Å². The Labute approximate surface area is 116 Å². The lowest BCUT2D eigenvalue weighted by Crippen LogP contribution is -2.50. The fourth-order valence-electron chi connectivity index (χ4n) is 2.01. The summed E-state index contributed by atoms with van der Waals surface area (Å²) in [5, 5.41) is 5.75. The Kier molecular flexibility index (Phi) is 4.37. The number of carbonyl (C=O) groups excluding carboxylic acids is 2. The third-order valence-electron chi connectivity index (χ3n) is 3.06. The van der Waals surface area contributed by atoms with Crippen molar-refractivity contribution in [3.63, 3.8) is 0 Å². The smallest absolute Gasteiger partial charge is 0.252 e. The molecule has 0 aliphatic carbocycles. The van der Waals surface area contributed by atoms with Crippen LogP contribution in [0.15, 0.2) is 12.1 Å². The average molecular weight is 282 g/mol. The van der Waals surface area contributed by atoms with E-state index in [-0.39, 0.29) is 17.0 Å². The molecule has 19 heavy (non-hydrogen) atoms. The lowest BCUT2D eigenvalue weighted by Gasteiger charge is -2.22. The van der Waals surface area contributed by atoms with Crippen molar-refractivity contribution in [2.45, 2.75) is 32.2 Å². The van der Waals surface area contributed by atoms with Crippen LogP contribution < -0.4 is 10.6 Å². The minimum absolute atomic E-state index is 0.129. The van der Waals surface area contributed by atoms with Crippen LogP contribution in [0.1, 0.15) is 35.8 Å². The summed E-state index contributed by atoms with van der Waals surface area (Å²) >= 11 is 5.87. The molecule has 1 aromatic rings. The van der Waals surface area contributed by atoms with Gasteiger partial charge in [0.25, 0.3) is 5.91 Å². The summed E-state index contributed by atoms with van der Waals surface area (Å²) in [6.45, 7) is 2.61. The fourth-order valence-corrected chi connectivity index (χ4v) is 2.24. The van der Waals surface area contributed by atoms with Crippen LogP contribution >= 0.6 is 11.6 Å². The van der Waals surface area contributed by atoms with Gasteiger partial charge in [-0.1, -0.05) is 18.5 Å². The van der Waals surface area contributed by atoms with E-state index in [0.29, 0.717) is 24.9 Å². The number of aryl methyl sites for hydroxylation is 1. The molecule has 6 heteroatoms. The molecule has 1 aromatic heterocycles. The normalized spacial score (nSPS) is 18.8. The Morgan fingerprint density at radius 3 is 3.05 bits per heavy atom. The third kappa shape index (κ3) is 3.44. The number of nitrogens with zero attached hydrogens (tertiary/aromatic N) is 1. The van der Waals surface area contributed by atoms with Gasteiger partial charge >= 0.3 is 0 Å². The van der Waals surface area contributed by atoms with Crippen LogP contribution in [0.5, 0.6) is 0 Å². The van der Waals surface area contributed by atoms with Gasteiger partial charge in [0.1, 0.15) is 11.2 Å². The number of hydrogen-bond acceptors (Lipinski definition) is 3. The van der Waals surface area contributed by atoms with Crippen LogP contribution in [0.4, 0.5) is 0 Å². The Hall–Kier alpha value is -1.62. The first-order valence-electron chi connectivity index (χ1n) is 6.35. The number of hydrogen-bond donors (Lipinski definition) is 2. The summed E-state index contributed by atoms with van der Waals surface area (Å²) in [4.78, 5) is 27.8. The van der Waals surface area contributed by atoms with E-state index in [1.54, 1.807) is 6.07 Å². The summed E-state index contributed by atoms with van der Waals surface area (Å²) in [6, 6.07) is 2.75. The van der Waals surface area contributed by atoms with Crippen molar-refractivity contribution in [1.82, 2.24) is 15.6 Å². The summed E-state index contributed by atoms with van der Waals surface area (Å²) < 4.78 is 0. The summed E-state index contributed by atoms with van der Waals surface area (Å²) in [5.74, 6) is -0.420. The Balaban J connectivity index is 2.11. The van der Waals surface area contributed by atoms with Crippen molar-refractivity contribution in [2.24, 2.45) is 0 Å². The molecule has 1 aliphatic rings. The lowest BCUT2D eigenvalue weighted by molar-refractivity contribution is -0.124. The molecule has 2 rings (SSSR count). The molecule has 1 unspecified atom stereocenters. The van der Waals surface area contributed by atoms with E-state index in [2.05, 4.69) is 15.6 Å². The maximum Gasteiger partial charge on any atom is 0.252 e.